The number of aromatic amines is 1. The van der Waals surface area contributed by atoms with Gasteiger partial charge in [-0.15, -0.1) is 0 Å². The van der Waals surface area contributed by atoms with Crippen molar-refractivity contribution in [2.24, 2.45) is 0 Å². The first kappa shape index (κ1) is 19.1. The van der Waals surface area contributed by atoms with Gasteiger partial charge in [0.05, 0.1) is 18.0 Å². The van der Waals surface area contributed by atoms with Crippen LogP contribution in [0.3, 0.4) is 0 Å². The van der Waals surface area contributed by atoms with Gasteiger partial charge < -0.3 is 15.6 Å². The Kier molecular flexibility index (Phi) is 7.53. The molecule has 0 atom stereocenters. The van der Waals surface area contributed by atoms with Gasteiger partial charge in [-0.2, -0.15) is 0 Å². The van der Waals surface area contributed by atoms with E-state index in [1.807, 2.05) is 32.0 Å². The number of amides is 2. The first-order valence-corrected chi connectivity index (χ1v) is 9.32. The van der Waals surface area contributed by atoms with Crippen LogP contribution in [0.5, 0.6) is 0 Å². The van der Waals surface area contributed by atoms with Gasteiger partial charge in [0, 0.05) is 18.7 Å². The monoisotopic (exact) mass is 360 g/mol. The molecule has 1 aromatic heterocycles. The lowest BCUT2D eigenvalue weighted by Gasteiger charge is -2.05. The van der Waals surface area contributed by atoms with E-state index in [1.54, 1.807) is 0 Å². The highest BCUT2D eigenvalue weighted by Crippen LogP contribution is 2.18. The van der Waals surface area contributed by atoms with Gasteiger partial charge in [-0.1, -0.05) is 49.0 Å². The molecule has 2 aromatic rings. The lowest BCUT2D eigenvalue weighted by atomic mass is 10.1. The van der Waals surface area contributed by atoms with Crippen molar-refractivity contribution in [3.05, 3.63) is 47.3 Å². The molecule has 25 heavy (non-hydrogen) atoms. The van der Waals surface area contributed by atoms with Crippen molar-refractivity contribution in [2.75, 3.05) is 18.8 Å². The number of H-pyrrole nitrogens is 1. The average molecular weight is 360 g/mol. The lowest BCUT2D eigenvalue weighted by Crippen LogP contribution is -2.37. The zero-order valence-corrected chi connectivity index (χ0v) is 15.4. The third-order valence-corrected chi connectivity index (χ3v) is 4.41. The minimum absolute atomic E-state index is 0.00976. The van der Waals surface area contributed by atoms with Crippen LogP contribution in [-0.2, 0) is 16.0 Å². The normalized spacial score (nSPS) is 10.5. The first-order valence-electron chi connectivity index (χ1n) is 8.34. The van der Waals surface area contributed by atoms with Gasteiger partial charge in [-0.05, 0) is 18.9 Å². The summed E-state index contributed by atoms with van der Waals surface area (Å²) in [5.41, 5.74) is 3.18. The molecule has 7 heteroatoms. The van der Waals surface area contributed by atoms with E-state index in [-0.39, 0.29) is 24.1 Å². The number of aryl methyl sites for hydroxylation is 1. The largest absolute Gasteiger partial charge is 0.355 e. The van der Waals surface area contributed by atoms with E-state index >= 15 is 0 Å². The van der Waals surface area contributed by atoms with Crippen LogP contribution >= 0.6 is 11.8 Å². The molecule has 0 aliphatic carbocycles. The zero-order valence-electron chi connectivity index (χ0n) is 14.6. The smallest absolute Gasteiger partial charge is 0.239 e. The third kappa shape index (κ3) is 6.62. The summed E-state index contributed by atoms with van der Waals surface area (Å²) in [5.74, 6) is -0.131. The first-order chi connectivity index (χ1) is 12.1. The highest BCUT2D eigenvalue weighted by atomic mass is 32.2. The van der Waals surface area contributed by atoms with Gasteiger partial charge in [-0.3, -0.25) is 9.59 Å². The van der Waals surface area contributed by atoms with Crippen molar-refractivity contribution in [1.82, 2.24) is 20.6 Å². The summed E-state index contributed by atoms with van der Waals surface area (Å²) < 4.78 is 0. The summed E-state index contributed by atoms with van der Waals surface area (Å²) in [4.78, 5) is 31.0. The molecule has 1 aromatic carbocycles. The molecule has 6 nitrogen and oxygen atoms in total. The van der Waals surface area contributed by atoms with E-state index in [2.05, 4.69) is 32.7 Å². The van der Waals surface area contributed by atoms with Crippen LogP contribution in [0, 0.1) is 6.92 Å². The Labute approximate surface area is 152 Å². The molecule has 0 unspecified atom stereocenters. The van der Waals surface area contributed by atoms with E-state index in [1.165, 1.54) is 17.3 Å². The van der Waals surface area contributed by atoms with Crippen LogP contribution in [0.1, 0.15) is 30.3 Å². The number of carbonyl (C=O) groups excluding carboxylic acids is 2. The van der Waals surface area contributed by atoms with E-state index in [9.17, 15) is 9.59 Å². The topological polar surface area (TPSA) is 86.9 Å². The Morgan fingerprint density at radius 1 is 1.16 bits per heavy atom. The predicted octanol–water partition coefficient (Wildman–Crippen LogP) is 2.04. The summed E-state index contributed by atoms with van der Waals surface area (Å²) in [6.07, 6.45) is 1.63. The molecule has 0 fully saturated rings. The number of imidazole rings is 1. The maximum Gasteiger partial charge on any atom is 0.239 e. The maximum absolute atomic E-state index is 11.8. The van der Waals surface area contributed by atoms with Crippen LogP contribution in [0.15, 0.2) is 35.5 Å². The average Bonchev–Trinajstić information content (AvgIpc) is 2.97. The van der Waals surface area contributed by atoms with Crippen LogP contribution in [0.2, 0.25) is 0 Å². The number of thioether (sulfide) groups is 1. The van der Waals surface area contributed by atoms with E-state index in [4.69, 9.17) is 0 Å². The molecule has 0 aliphatic heterocycles. The Bertz CT molecular complexity index is 700. The van der Waals surface area contributed by atoms with E-state index in [0.717, 1.165) is 24.2 Å². The molecule has 3 N–H and O–H groups in total. The standard InChI is InChI=1S/C18H24N4O2S/c1-3-9-19-16(23)11-20-17(24)12-25-18-21-13(2)15(22-18)10-14-7-5-4-6-8-14/h4-8H,3,9-12H2,1-2H3,(H,19,23)(H,20,24)(H,21,22). The fourth-order valence-electron chi connectivity index (χ4n) is 2.19. The maximum atomic E-state index is 11.8. The highest BCUT2D eigenvalue weighted by Gasteiger charge is 2.11. The summed E-state index contributed by atoms with van der Waals surface area (Å²) >= 11 is 1.33. The van der Waals surface area contributed by atoms with Crippen molar-refractivity contribution in [3.63, 3.8) is 0 Å². The highest BCUT2D eigenvalue weighted by molar-refractivity contribution is 7.99. The number of aromatic nitrogens is 2. The third-order valence-electron chi connectivity index (χ3n) is 3.54. The second-order valence-corrected chi connectivity index (χ2v) is 6.66. The Morgan fingerprint density at radius 2 is 1.92 bits per heavy atom. The molecule has 0 aliphatic rings. The number of carbonyl (C=O) groups is 2. The van der Waals surface area contributed by atoms with Gasteiger partial charge >= 0.3 is 0 Å². The fourth-order valence-corrected chi connectivity index (χ4v) is 2.96. The van der Waals surface area contributed by atoms with Crippen molar-refractivity contribution in [3.8, 4) is 0 Å². The molecule has 134 valence electrons. The summed E-state index contributed by atoms with van der Waals surface area (Å²) in [5, 5.41) is 6.04. The Hall–Kier alpha value is -2.28. The van der Waals surface area contributed by atoms with Crippen molar-refractivity contribution in [1.29, 1.82) is 0 Å². The minimum Gasteiger partial charge on any atom is -0.355 e. The Balaban J connectivity index is 1.78. The summed E-state index contributed by atoms with van der Waals surface area (Å²) in [6.45, 7) is 4.59. The van der Waals surface area contributed by atoms with E-state index < -0.39 is 0 Å². The molecular formula is C18H24N4O2S. The number of hydrogen-bond donors (Lipinski definition) is 3. The second kappa shape index (κ2) is 9.88. The molecule has 0 spiro atoms. The molecule has 0 saturated carbocycles. The predicted molar refractivity (Wildman–Crippen MR) is 99.6 cm³/mol. The number of benzene rings is 1. The summed E-state index contributed by atoms with van der Waals surface area (Å²) in [7, 11) is 0. The van der Waals surface area contributed by atoms with Crippen LogP contribution in [0.4, 0.5) is 0 Å². The molecule has 2 amide bonds. The van der Waals surface area contributed by atoms with Crippen molar-refractivity contribution < 1.29 is 9.59 Å². The zero-order chi connectivity index (χ0) is 18.1. The molecule has 2 rings (SSSR count). The van der Waals surface area contributed by atoms with Crippen LogP contribution in [0.25, 0.3) is 0 Å². The number of hydrogen-bond acceptors (Lipinski definition) is 4. The minimum atomic E-state index is -0.185. The number of rotatable bonds is 9. The van der Waals surface area contributed by atoms with Gasteiger partial charge in [0.1, 0.15) is 0 Å². The number of nitrogens with zero attached hydrogens (tertiary/aromatic N) is 1. The Morgan fingerprint density at radius 3 is 2.64 bits per heavy atom. The molecule has 0 bridgehead atoms. The van der Waals surface area contributed by atoms with Crippen LogP contribution < -0.4 is 10.6 Å². The van der Waals surface area contributed by atoms with Crippen molar-refractivity contribution >= 4 is 23.6 Å². The molecule has 0 saturated heterocycles. The quantitative estimate of drug-likeness (QED) is 0.597. The van der Waals surface area contributed by atoms with Crippen molar-refractivity contribution in [2.45, 2.75) is 31.8 Å². The van der Waals surface area contributed by atoms with E-state index in [0.29, 0.717) is 11.7 Å². The van der Waals surface area contributed by atoms with Gasteiger partial charge in [-0.25, -0.2) is 4.98 Å². The molecular weight excluding hydrogens is 336 g/mol. The second-order valence-electron chi connectivity index (χ2n) is 5.69. The van der Waals surface area contributed by atoms with Crippen LogP contribution in [-0.4, -0.2) is 40.6 Å². The molecule has 1 heterocycles. The lowest BCUT2D eigenvalue weighted by molar-refractivity contribution is -0.124. The SMILES string of the molecule is CCCNC(=O)CNC(=O)CSc1nc(Cc2ccccc2)c(C)[nH]1. The van der Waals surface area contributed by atoms with Gasteiger partial charge in [0.25, 0.3) is 0 Å². The number of nitrogens with one attached hydrogen (secondary N) is 3. The molecule has 0 radical (unpaired) electrons. The summed E-state index contributed by atoms with van der Waals surface area (Å²) in [6, 6.07) is 10.1. The van der Waals surface area contributed by atoms with Gasteiger partial charge in [0.15, 0.2) is 5.16 Å². The van der Waals surface area contributed by atoms with Gasteiger partial charge in [0.2, 0.25) is 11.8 Å². The fraction of sp³-hybridized carbons (Fsp3) is 0.389.